The molecule has 2 N–H and O–H groups in total. The maximum Gasteiger partial charge on any atom is 0.0646 e. The lowest BCUT2D eigenvalue weighted by atomic mass is 10.0. The van der Waals surface area contributed by atoms with Gasteiger partial charge in [-0.2, -0.15) is 0 Å². The van der Waals surface area contributed by atoms with Crippen LogP contribution < -0.4 is 5.73 Å². The van der Waals surface area contributed by atoms with Crippen molar-refractivity contribution >= 4 is 38.0 Å². The topological polar surface area (TPSA) is 26.0 Å². The standard InChI is InChI=1S/C16H14BrNS/c1-10-2-7-15(19-10)16(18)13-4-3-12-9-14(17)6-5-11(12)8-13/h2-9,16H,18H2,1H3. The van der Waals surface area contributed by atoms with Crippen molar-refractivity contribution in [1.82, 2.24) is 0 Å². The zero-order chi connectivity index (χ0) is 13.4. The first-order valence-corrected chi connectivity index (χ1v) is 7.75. The summed E-state index contributed by atoms with van der Waals surface area (Å²) in [7, 11) is 0. The molecular weight excluding hydrogens is 318 g/mol. The molecular formula is C16H14BrNS. The molecule has 1 heterocycles. The van der Waals surface area contributed by atoms with Gasteiger partial charge in [-0.05, 0) is 53.6 Å². The Morgan fingerprint density at radius 3 is 2.47 bits per heavy atom. The van der Waals surface area contributed by atoms with Crippen molar-refractivity contribution in [1.29, 1.82) is 0 Å². The summed E-state index contributed by atoms with van der Waals surface area (Å²) in [6.07, 6.45) is 0. The van der Waals surface area contributed by atoms with E-state index < -0.39 is 0 Å². The molecule has 0 bridgehead atoms. The summed E-state index contributed by atoms with van der Waals surface area (Å²) in [5.41, 5.74) is 7.52. The van der Waals surface area contributed by atoms with Gasteiger partial charge in [0.1, 0.15) is 0 Å². The van der Waals surface area contributed by atoms with Crippen LogP contribution in [0.1, 0.15) is 21.4 Å². The molecule has 1 unspecified atom stereocenters. The van der Waals surface area contributed by atoms with Crippen LogP contribution in [0.4, 0.5) is 0 Å². The molecule has 1 aromatic heterocycles. The van der Waals surface area contributed by atoms with Crippen molar-refractivity contribution < 1.29 is 0 Å². The highest BCUT2D eigenvalue weighted by Gasteiger charge is 2.11. The molecule has 0 amide bonds. The molecule has 0 aliphatic heterocycles. The highest BCUT2D eigenvalue weighted by molar-refractivity contribution is 9.10. The van der Waals surface area contributed by atoms with Gasteiger partial charge in [0.2, 0.25) is 0 Å². The number of nitrogens with two attached hydrogens (primary N) is 1. The summed E-state index contributed by atoms with van der Waals surface area (Å²) in [6.45, 7) is 2.11. The van der Waals surface area contributed by atoms with Gasteiger partial charge >= 0.3 is 0 Å². The van der Waals surface area contributed by atoms with Gasteiger partial charge < -0.3 is 5.73 Å². The molecule has 0 radical (unpaired) electrons. The number of halogens is 1. The van der Waals surface area contributed by atoms with Gasteiger partial charge in [0.25, 0.3) is 0 Å². The van der Waals surface area contributed by atoms with E-state index >= 15 is 0 Å². The monoisotopic (exact) mass is 331 g/mol. The Morgan fingerprint density at radius 2 is 1.74 bits per heavy atom. The summed E-state index contributed by atoms with van der Waals surface area (Å²) in [6, 6.07) is 17.0. The van der Waals surface area contributed by atoms with Crippen molar-refractivity contribution in [3.63, 3.8) is 0 Å². The quantitative estimate of drug-likeness (QED) is 0.700. The minimum absolute atomic E-state index is 0.0354. The van der Waals surface area contributed by atoms with Gasteiger partial charge in [0.15, 0.2) is 0 Å². The Kier molecular flexibility index (Phi) is 3.44. The van der Waals surface area contributed by atoms with Crippen molar-refractivity contribution in [2.24, 2.45) is 5.73 Å². The second kappa shape index (κ2) is 5.08. The average molecular weight is 332 g/mol. The molecule has 0 saturated heterocycles. The number of hydrogen-bond donors (Lipinski definition) is 1. The zero-order valence-corrected chi connectivity index (χ0v) is 13.0. The van der Waals surface area contributed by atoms with Crippen molar-refractivity contribution in [2.75, 3.05) is 0 Å². The van der Waals surface area contributed by atoms with Crippen LogP contribution in [0.25, 0.3) is 10.8 Å². The Morgan fingerprint density at radius 1 is 1.00 bits per heavy atom. The van der Waals surface area contributed by atoms with E-state index in [0.717, 1.165) is 10.0 Å². The first-order valence-electron chi connectivity index (χ1n) is 6.14. The lowest BCUT2D eigenvalue weighted by Crippen LogP contribution is -2.09. The molecule has 1 nitrogen and oxygen atoms in total. The molecule has 2 aromatic carbocycles. The maximum absolute atomic E-state index is 6.35. The Balaban J connectivity index is 2.03. The van der Waals surface area contributed by atoms with Crippen LogP contribution in [0.3, 0.4) is 0 Å². The molecule has 0 spiro atoms. The predicted molar refractivity (Wildman–Crippen MR) is 86.7 cm³/mol. The fraction of sp³-hybridized carbons (Fsp3) is 0.125. The lowest BCUT2D eigenvalue weighted by Gasteiger charge is -2.11. The molecule has 0 saturated carbocycles. The second-order valence-electron chi connectivity index (χ2n) is 4.68. The Hall–Kier alpha value is -1.16. The smallest absolute Gasteiger partial charge is 0.0646 e. The number of aryl methyl sites for hydroxylation is 1. The summed E-state index contributed by atoms with van der Waals surface area (Å²) in [5.74, 6) is 0. The van der Waals surface area contributed by atoms with E-state index in [9.17, 15) is 0 Å². The maximum atomic E-state index is 6.35. The van der Waals surface area contributed by atoms with E-state index in [2.05, 4.69) is 71.4 Å². The van der Waals surface area contributed by atoms with Crippen LogP contribution in [-0.4, -0.2) is 0 Å². The minimum atomic E-state index is -0.0354. The van der Waals surface area contributed by atoms with E-state index in [1.807, 2.05) is 0 Å². The first-order chi connectivity index (χ1) is 9.13. The van der Waals surface area contributed by atoms with E-state index in [0.29, 0.717) is 0 Å². The third kappa shape index (κ3) is 2.59. The van der Waals surface area contributed by atoms with Gasteiger partial charge in [-0.15, -0.1) is 11.3 Å². The van der Waals surface area contributed by atoms with Gasteiger partial charge in [0, 0.05) is 14.2 Å². The molecule has 3 rings (SSSR count). The van der Waals surface area contributed by atoms with Gasteiger partial charge in [-0.3, -0.25) is 0 Å². The first kappa shape index (κ1) is 12.9. The number of fused-ring (bicyclic) bond motifs is 1. The predicted octanol–water partition coefficient (Wildman–Crippen LogP) is 5.02. The van der Waals surface area contributed by atoms with Crippen molar-refractivity contribution in [3.05, 3.63) is 68.3 Å². The van der Waals surface area contributed by atoms with E-state index in [-0.39, 0.29) is 6.04 Å². The van der Waals surface area contributed by atoms with Crippen LogP contribution in [0, 0.1) is 6.92 Å². The van der Waals surface area contributed by atoms with Crippen LogP contribution in [0.15, 0.2) is 53.0 Å². The fourth-order valence-electron chi connectivity index (χ4n) is 2.21. The molecule has 0 fully saturated rings. The lowest BCUT2D eigenvalue weighted by molar-refractivity contribution is 0.896. The van der Waals surface area contributed by atoms with Gasteiger partial charge in [-0.25, -0.2) is 0 Å². The highest BCUT2D eigenvalue weighted by Crippen LogP contribution is 2.29. The summed E-state index contributed by atoms with van der Waals surface area (Å²) in [4.78, 5) is 2.52. The average Bonchev–Trinajstić information content (AvgIpc) is 2.84. The molecule has 3 aromatic rings. The Labute approximate surface area is 125 Å². The zero-order valence-electron chi connectivity index (χ0n) is 10.6. The van der Waals surface area contributed by atoms with Gasteiger partial charge in [0.05, 0.1) is 6.04 Å². The van der Waals surface area contributed by atoms with Crippen LogP contribution in [0.5, 0.6) is 0 Å². The normalized spacial score (nSPS) is 12.8. The minimum Gasteiger partial charge on any atom is -0.320 e. The van der Waals surface area contributed by atoms with Crippen molar-refractivity contribution in [2.45, 2.75) is 13.0 Å². The molecule has 3 heteroatoms. The Bertz CT molecular complexity index is 732. The number of rotatable bonds is 2. The third-order valence-electron chi connectivity index (χ3n) is 3.25. The van der Waals surface area contributed by atoms with Gasteiger partial charge in [-0.1, -0.05) is 34.1 Å². The van der Waals surface area contributed by atoms with E-state index in [1.54, 1.807) is 11.3 Å². The number of hydrogen-bond acceptors (Lipinski definition) is 2. The fourth-order valence-corrected chi connectivity index (χ4v) is 3.50. The van der Waals surface area contributed by atoms with Crippen LogP contribution >= 0.6 is 27.3 Å². The second-order valence-corrected chi connectivity index (χ2v) is 6.91. The molecule has 96 valence electrons. The van der Waals surface area contributed by atoms with E-state index in [4.69, 9.17) is 5.73 Å². The van der Waals surface area contributed by atoms with Crippen molar-refractivity contribution in [3.8, 4) is 0 Å². The molecule has 0 aliphatic carbocycles. The third-order valence-corrected chi connectivity index (χ3v) is 4.83. The van der Waals surface area contributed by atoms with Crippen LogP contribution in [-0.2, 0) is 0 Å². The highest BCUT2D eigenvalue weighted by atomic mass is 79.9. The number of thiophene rings is 1. The molecule has 0 aliphatic rings. The summed E-state index contributed by atoms with van der Waals surface area (Å²) >= 11 is 5.26. The largest absolute Gasteiger partial charge is 0.320 e. The number of benzene rings is 2. The summed E-state index contributed by atoms with van der Waals surface area (Å²) < 4.78 is 1.10. The van der Waals surface area contributed by atoms with Crippen LogP contribution in [0.2, 0.25) is 0 Å². The molecule has 19 heavy (non-hydrogen) atoms. The van der Waals surface area contributed by atoms with E-state index in [1.165, 1.54) is 20.5 Å². The molecule has 1 atom stereocenters. The summed E-state index contributed by atoms with van der Waals surface area (Å²) in [5, 5.41) is 2.46. The SMILES string of the molecule is Cc1ccc(C(N)c2ccc3cc(Br)ccc3c2)s1.